The van der Waals surface area contributed by atoms with E-state index in [1.54, 1.807) is 12.1 Å². The standard InChI is InChI=1S/C13H19N3O2/c1-14-13(7-9-15(2)10-8-13)11-3-5-12(6-4-11)16(17)18/h3-6,14H,7-10H2,1-2H3. The molecule has 98 valence electrons. The van der Waals surface area contributed by atoms with Gasteiger partial charge in [-0.25, -0.2) is 0 Å². The van der Waals surface area contributed by atoms with Crippen LogP contribution in [0, 0.1) is 10.1 Å². The summed E-state index contributed by atoms with van der Waals surface area (Å²) in [4.78, 5) is 12.6. The van der Waals surface area contributed by atoms with Gasteiger partial charge >= 0.3 is 0 Å². The van der Waals surface area contributed by atoms with E-state index in [9.17, 15) is 10.1 Å². The quantitative estimate of drug-likeness (QED) is 0.654. The molecule has 0 atom stereocenters. The molecule has 0 unspecified atom stereocenters. The number of nitro groups is 1. The fraction of sp³-hybridized carbons (Fsp3) is 0.538. The van der Waals surface area contributed by atoms with Gasteiger partial charge in [0.2, 0.25) is 0 Å². The van der Waals surface area contributed by atoms with Crippen LogP contribution in [0.4, 0.5) is 5.69 Å². The normalized spacial score (nSPS) is 19.7. The van der Waals surface area contributed by atoms with E-state index in [1.165, 1.54) is 0 Å². The van der Waals surface area contributed by atoms with E-state index >= 15 is 0 Å². The van der Waals surface area contributed by atoms with E-state index in [1.807, 2.05) is 19.2 Å². The molecule has 1 aliphatic heterocycles. The van der Waals surface area contributed by atoms with Gasteiger partial charge in [0.1, 0.15) is 0 Å². The summed E-state index contributed by atoms with van der Waals surface area (Å²) in [7, 11) is 4.09. The first-order chi connectivity index (χ1) is 8.57. The SMILES string of the molecule is CNC1(c2ccc([N+](=O)[O-])cc2)CCN(C)CC1. The highest BCUT2D eigenvalue weighted by Gasteiger charge is 2.33. The van der Waals surface area contributed by atoms with E-state index < -0.39 is 0 Å². The first-order valence-corrected chi connectivity index (χ1v) is 6.20. The molecule has 0 amide bonds. The Bertz CT molecular complexity index is 422. The maximum atomic E-state index is 10.7. The number of rotatable bonds is 3. The lowest BCUT2D eigenvalue weighted by Crippen LogP contribution is -2.48. The molecule has 1 heterocycles. The third-order valence-electron chi connectivity index (χ3n) is 3.95. The third kappa shape index (κ3) is 2.37. The van der Waals surface area contributed by atoms with Gasteiger partial charge in [-0.3, -0.25) is 10.1 Å². The van der Waals surface area contributed by atoms with Crippen LogP contribution in [0.25, 0.3) is 0 Å². The lowest BCUT2D eigenvalue weighted by molar-refractivity contribution is -0.384. The molecule has 18 heavy (non-hydrogen) atoms. The lowest BCUT2D eigenvalue weighted by atomic mass is 9.81. The molecule has 0 saturated carbocycles. The van der Waals surface area contributed by atoms with Gasteiger partial charge in [0.15, 0.2) is 0 Å². The largest absolute Gasteiger partial charge is 0.310 e. The molecule has 0 bridgehead atoms. The van der Waals surface area contributed by atoms with Crippen molar-refractivity contribution in [3.05, 3.63) is 39.9 Å². The Labute approximate surface area is 107 Å². The van der Waals surface area contributed by atoms with Gasteiger partial charge in [0, 0.05) is 17.7 Å². The molecule has 1 aliphatic rings. The van der Waals surface area contributed by atoms with Gasteiger partial charge in [0.05, 0.1) is 4.92 Å². The zero-order valence-electron chi connectivity index (χ0n) is 10.8. The van der Waals surface area contributed by atoms with E-state index in [2.05, 4.69) is 17.3 Å². The number of hydrogen-bond donors (Lipinski definition) is 1. The smallest absolute Gasteiger partial charge is 0.269 e. The van der Waals surface area contributed by atoms with Crippen molar-refractivity contribution >= 4 is 5.69 Å². The Kier molecular flexibility index (Phi) is 3.63. The Hall–Kier alpha value is -1.46. The molecule has 1 aromatic carbocycles. The summed E-state index contributed by atoms with van der Waals surface area (Å²) in [5, 5.41) is 14.1. The summed E-state index contributed by atoms with van der Waals surface area (Å²) in [5.74, 6) is 0. The minimum Gasteiger partial charge on any atom is -0.310 e. The molecule has 1 saturated heterocycles. The lowest BCUT2D eigenvalue weighted by Gasteiger charge is -2.41. The van der Waals surface area contributed by atoms with Crippen LogP contribution in [-0.2, 0) is 5.54 Å². The van der Waals surface area contributed by atoms with Crippen LogP contribution in [0.2, 0.25) is 0 Å². The Balaban J connectivity index is 2.24. The van der Waals surface area contributed by atoms with Crippen molar-refractivity contribution in [2.45, 2.75) is 18.4 Å². The second-order valence-corrected chi connectivity index (χ2v) is 4.94. The summed E-state index contributed by atoms with van der Waals surface area (Å²) in [6.45, 7) is 2.08. The first-order valence-electron chi connectivity index (χ1n) is 6.20. The maximum absolute atomic E-state index is 10.7. The van der Waals surface area contributed by atoms with Gasteiger partial charge in [-0.15, -0.1) is 0 Å². The predicted molar refractivity (Wildman–Crippen MR) is 70.6 cm³/mol. The molecule has 1 fully saturated rings. The van der Waals surface area contributed by atoms with Crippen LogP contribution in [0.1, 0.15) is 18.4 Å². The molecule has 1 aromatic rings. The molecule has 0 radical (unpaired) electrons. The third-order valence-corrected chi connectivity index (χ3v) is 3.95. The molecule has 0 aliphatic carbocycles. The second-order valence-electron chi connectivity index (χ2n) is 4.94. The highest BCUT2D eigenvalue weighted by atomic mass is 16.6. The molecule has 5 nitrogen and oxygen atoms in total. The van der Waals surface area contributed by atoms with Crippen molar-refractivity contribution < 1.29 is 4.92 Å². The summed E-state index contributed by atoms with van der Waals surface area (Å²) in [5.41, 5.74) is 1.25. The van der Waals surface area contributed by atoms with Crippen LogP contribution in [0.5, 0.6) is 0 Å². The number of likely N-dealkylation sites (tertiary alicyclic amines) is 1. The van der Waals surface area contributed by atoms with Gasteiger partial charge in [-0.2, -0.15) is 0 Å². The fourth-order valence-electron chi connectivity index (χ4n) is 2.59. The van der Waals surface area contributed by atoms with Crippen LogP contribution < -0.4 is 5.32 Å². The monoisotopic (exact) mass is 249 g/mol. The first kappa shape index (κ1) is 13.0. The van der Waals surface area contributed by atoms with Crippen LogP contribution in [0.3, 0.4) is 0 Å². The number of hydrogen-bond acceptors (Lipinski definition) is 4. The summed E-state index contributed by atoms with van der Waals surface area (Å²) >= 11 is 0. The fourth-order valence-corrected chi connectivity index (χ4v) is 2.59. The van der Waals surface area contributed by atoms with E-state index in [0.717, 1.165) is 31.5 Å². The van der Waals surface area contributed by atoms with Gasteiger partial charge in [-0.1, -0.05) is 12.1 Å². The summed E-state index contributed by atoms with van der Waals surface area (Å²) < 4.78 is 0. The van der Waals surface area contributed by atoms with Gasteiger partial charge in [-0.05, 0) is 45.6 Å². The van der Waals surface area contributed by atoms with Crippen molar-refractivity contribution in [2.24, 2.45) is 0 Å². The molecule has 2 rings (SSSR count). The van der Waals surface area contributed by atoms with Crippen molar-refractivity contribution in [1.82, 2.24) is 10.2 Å². The summed E-state index contributed by atoms with van der Waals surface area (Å²) in [6, 6.07) is 6.93. The van der Waals surface area contributed by atoms with Crippen LogP contribution in [0.15, 0.2) is 24.3 Å². The van der Waals surface area contributed by atoms with E-state index in [-0.39, 0.29) is 16.1 Å². The highest BCUT2D eigenvalue weighted by molar-refractivity contribution is 5.36. The average molecular weight is 249 g/mol. The molecular weight excluding hydrogens is 230 g/mol. The van der Waals surface area contributed by atoms with Crippen LogP contribution >= 0.6 is 0 Å². The van der Waals surface area contributed by atoms with E-state index in [0.29, 0.717) is 0 Å². The zero-order chi connectivity index (χ0) is 13.2. The van der Waals surface area contributed by atoms with Crippen LogP contribution in [-0.4, -0.2) is 37.0 Å². The molecular formula is C13H19N3O2. The Morgan fingerprint density at radius 2 is 1.83 bits per heavy atom. The molecule has 0 spiro atoms. The number of nitrogens with one attached hydrogen (secondary N) is 1. The predicted octanol–water partition coefficient (Wildman–Crippen LogP) is 1.74. The van der Waals surface area contributed by atoms with Crippen molar-refractivity contribution in [1.29, 1.82) is 0 Å². The minimum absolute atomic E-state index is 0.0400. The topological polar surface area (TPSA) is 58.4 Å². The maximum Gasteiger partial charge on any atom is 0.269 e. The Morgan fingerprint density at radius 3 is 2.28 bits per heavy atom. The highest BCUT2D eigenvalue weighted by Crippen LogP contribution is 2.32. The average Bonchev–Trinajstić information content (AvgIpc) is 2.40. The molecule has 0 aromatic heterocycles. The number of nitro benzene ring substituents is 1. The van der Waals surface area contributed by atoms with E-state index in [4.69, 9.17) is 0 Å². The molecule has 1 N–H and O–H groups in total. The zero-order valence-corrected chi connectivity index (χ0v) is 10.8. The van der Waals surface area contributed by atoms with Crippen molar-refractivity contribution in [3.63, 3.8) is 0 Å². The molecule has 5 heteroatoms. The minimum atomic E-state index is -0.357. The second kappa shape index (κ2) is 5.04. The van der Waals surface area contributed by atoms with Gasteiger partial charge < -0.3 is 10.2 Å². The van der Waals surface area contributed by atoms with Crippen molar-refractivity contribution in [3.8, 4) is 0 Å². The number of piperidine rings is 1. The van der Waals surface area contributed by atoms with Gasteiger partial charge in [0.25, 0.3) is 5.69 Å². The Morgan fingerprint density at radius 1 is 1.28 bits per heavy atom. The van der Waals surface area contributed by atoms with Crippen molar-refractivity contribution in [2.75, 3.05) is 27.2 Å². The number of nitrogens with zero attached hydrogens (tertiary/aromatic N) is 2. The number of benzene rings is 1. The summed E-state index contributed by atoms with van der Waals surface area (Å²) in [6.07, 6.45) is 2.05. The number of non-ortho nitro benzene ring substituents is 1.